The van der Waals surface area contributed by atoms with Crippen molar-refractivity contribution in [2.24, 2.45) is 0 Å². The summed E-state index contributed by atoms with van der Waals surface area (Å²) < 4.78 is 3.14. The fourth-order valence-electron chi connectivity index (χ4n) is 3.58. The molecule has 32 heavy (non-hydrogen) atoms. The van der Waals surface area contributed by atoms with Gasteiger partial charge in [0.15, 0.2) is 0 Å². The summed E-state index contributed by atoms with van der Waals surface area (Å²) in [6.45, 7) is 4.18. The number of rotatable bonds is 6. The van der Waals surface area contributed by atoms with Gasteiger partial charge in [-0.05, 0) is 38.1 Å². The van der Waals surface area contributed by atoms with Crippen molar-refractivity contribution >= 4 is 11.6 Å². The minimum atomic E-state index is -0.536. The molecule has 0 radical (unpaired) electrons. The molecule has 162 valence electrons. The van der Waals surface area contributed by atoms with Crippen LogP contribution in [-0.4, -0.2) is 47.3 Å². The minimum Gasteiger partial charge on any atom is -0.337 e. The van der Waals surface area contributed by atoms with Crippen molar-refractivity contribution in [3.63, 3.8) is 0 Å². The highest BCUT2D eigenvalue weighted by atomic mass is 16.6. The lowest BCUT2D eigenvalue weighted by Crippen LogP contribution is -2.27. The van der Waals surface area contributed by atoms with Gasteiger partial charge in [-0.2, -0.15) is 10.2 Å². The first-order chi connectivity index (χ1) is 15.4. The fourth-order valence-corrected chi connectivity index (χ4v) is 3.58. The average molecular weight is 431 g/mol. The van der Waals surface area contributed by atoms with Crippen molar-refractivity contribution in [1.29, 1.82) is 0 Å². The Morgan fingerprint density at radius 1 is 1.16 bits per heavy atom. The number of para-hydroxylation sites is 1. The SMILES string of the molecule is Cc1nn(-c2ccccc2)c(C)c1CN(C)C(=O)c1ccc(-n2cncn2)c([N+](=O)[O-])c1. The van der Waals surface area contributed by atoms with Gasteiger partial charge in [-0.15, -0.1) is 0 Å². The number of nitrogens with zero attached hydrogens (tertiary/aromatic N) is 7. The quantitative estimate of drug-likeness (QED) is 0.342. The van der Waals surface area contributed by atoms with E-state index < -0.39 is 4.92 Å². The van der Waals surface area contributed by atoms with E-state index in [9.17, 15) is 14.9 Å². The molecular weight excluding hydrogens is 410 g/mol. The third-order valence-electron chi connectivity index (χ3n) is 5.27. The molecule has 2 aromatic carbocycles. The van der Waals surface area contributed by atoms with Gasteiger partial charge in [-0.3, -0.25) is 14.9 Å². The Balaban J connectivity index is 1.61. The number of nitro groups is 1. The van der Waals surface area contributed by atoms with Crippen LogP contribution in [-0.2, 0) is 6.54 Å². The van der Waals surface area contributed by atoms with Gasteiger partial charge in [-0.1, -0.05) is 18.2 Å². The van der Waals surface area contributed by atoms with Gasteiger partial charge in [0.25, 0.3) is 11.6 Å². The fraction of sp³-hybridized carbons (Fsp3) is 0.182. The summed E-state index contributed by atoms with van der Waals surface area (Å²) in [6.07, 6.45) is 2.66. The van der Waals surface area contributed by atoms with Gasteiger partial charge >= 0.3 is 0 Å². The summed E-state index contributed by atoms with van der Waals surface area (Å²) >= 11 is 0. The van der Waals surface area contributed by atoms with Crippen LogP contribution in [0.2, 0.25) is 0 Å². The van der Waals surface area contributed by atoms with Gasteiger partial charge in [0.2, 0.25) is 0 Å². The number of carbonyl (C=O) groups is 1. The Morgan fingerprint density at radius 2 is 1.91 bits per heavy atom. The monoisotopic (exact) mass is 431 g/mol. The summed E-state index contributed by atoms with van der Waals surface area (Å²) in [5, 5.41) is 20.1. The minimum absolute atomic E-state index is 0.217. The Morgan fingerprint density at radius 3 is 2.56 bits per heavy atom. The number of carbonyl (C=O) groups excluding carboxylic acids is 1. The van der Waals surface area contributed by atoms with Crippen LogP contribution >= 0.6 is 0 Å². The van der Waals surface area contributed by atoms with E-state index in [0.717, 1.165) is 22.6 Å². The highest BCUT2D eigenvalue weighted by molar-refractivity contribution is 5.95. The number of hydrogen-bond acceptors (Lipinski definition) is 6. The van der Waals surface area contributed by atoms with E-state index in [2.05, 4.69) is 15.2 Å². The Bertz CT molecular complexity index is 1280. The van der Waals surface area contributed by atoms with Crippen LogP contribution in [0, 0.1) is 24.0 Å². The molecular formula is C22H21N7O3. The largest absolute Gasteiger partial charge is 0.337 e. The highest BCUT2D eigenvalue weighted by Gasteiger charge is 2.23. The van der Waals surface area contributed by atoms with Crippen LogP contribution in [0.5, 0.6) is 0 Å². The van der Waals surface area contributed by atoms with Crippen molar-refractivity contribution < 1.29 is 9.72 Å². The molecule has 0 unspecified atom stereocenters. The zero-order valence-corrected chi connectivity index (χ0v) is 17.8. The summed E-state index contributed by atoms with van der Waals surface area (Å²) in [5.74, 6) is -0.329. The van der Waals surface area contributed by atoms with E-state index >= 15 is 0 Å². The van der Waals surface area contributed by atoms with E-state index in [1.54, 1.807) is 13.1 Å². The lowest BCUT2D eigenvalue weighted by atomic mass is 10.1. The van der Waals surface area contributed by atoms with Gasteiger partial charge in [0.1, 0.15) is 18.3 Å². The third kappa shape index (κ3) is 3.85. The van der Waals surface area contributed by atoms with Crippen LogP contribution in [0.15, 0.2) is 61.2 Å². The molecule has 2 heterocycles. The van der Waals surface area contributed by atoms with Gasteiger partial charge in [0.05, 0.1) is 16.3 Å². The third-order valence-corrected chi connectivity index (χ3v) is 5.27. The maximum Gasteiger partial charge on any atom is 0.295 e. The second-order valence-electron chi connectivity index (χ2n) is 7.36. The normalized spacial score (nSPS) is 10.8. The lowest BCUT2D eigenvalue weighted by molar-refractivity contribution is -0.384. The van der Waals surface area contributed by atoms with Crippen LogP contribution in [0.25, 0.3) is 11.4 Å². The first-order valence-electron chi connectivity index (χ1n) is 9.86. The van der Waals surface area contributed by atoms with Crippen LogP contribution in [0.1, 0.15) is 27.3 Å². The number of aryl methyl sites for hydroxylation is 1. The van der Waals surface area contributed by atoms with Crippen molar-refractivity contribution in [1.82, 2.24) is 29.4 Å². The van der Waals surface area contributed by atoms with E-state index in [-0.39, 0.29) is 22.8 Å². The van der Waals surface area contributed by atoms with Crippen molar-refractivity contribution in [2.45, 2.75) is 20.4 Å². The molecule has 0 saturated heterocycles. The van der Waals surface area contributed by atoms with Crippen LogP contribution in [0.4, 0.5) is 5.69 Å². The molecule has 1 amide bonds. The van der Waals surface area contributed by atoms with Crippen molar-refractivity contribution in [3.05, 3.63) is 93.8 Å². The molecule has 0 aliphatic rings. The predicted octanol–water partition coefficient (Wildman–Crippen LogP) is 3.25. The molecule has 0 aliphatic heterocycles. The molecule has 4 aromatic rings. The second kappa shape index (κ2) is 8.42. The van der Waals surface area contributed by atoms with Crippen molar-refractivity contribution in [3.8, 4) is 11.4 Å². The number of amides is 1. The van der Waals surface area contributed by atoms with Crippen molar-refractivity contribution in [2.75, 3.05) is 7.05 Å². The molecule has 0 fully saturated rings. The topological polar surface area (TPSA) is 112 Å². The molecule has 0 spiro atoms. The Kier molecular flexibility index (Phi) is 5.50. The molecule has 0 N–H and O–H groups in total. The number of hydrogen-bond donors (Lipinski definition) is 0. The molecule has 0 aliphatic carbocycles. The number of nitro benzene ring substituents is 1. The van der Waals surface area contributed by atoms with E-state index in [1.165, 1.54) is 34.4 Å². The maximum atomic E-state index is 13.1. The van der Waals surface area contributed by atoms with E-state index in [0.29, 0.717) is 6.54 Å². The predicted molar refractivity (Wildman–Crippen MR) is 117 cm³/mol. The standard InChI is InChI=1S/C22H21N7O3/c1-15-19(16(2)28(25-15)18-7-5-4-6-8-18)12-26(3)22(30)17-9-10-20(21(11-17)29(31)32)27-14-23-13-24-27/h4-11,13-14H,12H2,1-3H3. The molecule has 0 bridgehead atoms. The van der Waals surface area contributed by atoms with E-state index in [1.807, 2.05) is 48.9 Å². The smallest absolute Gasteiger partial charge is 0.295 e. The maximum absolute atomic E-state index is 13.1. The first kappa shape index (κ1) is 20.9. The lowest BCUT2D eigenvalue weighted by Gasteiger charge is -2.18. The van der Waals surface area contributed by atoms with Gasteiger partial charge < -0.3 is 4.90 Å². The average Bonchev–Trinajstić information content (AvgIpc) is 3.43. The Hall–Kier alpha value is -4.34. The number of aromatic nitrogens is 5. The molecule has 0 saturated carbocycles. The highest BCUT2D eigenvalue weighted by Crippen LogP contribution is 2.25. The zero-order valence-electron chi connectivity index (χ0n) is 17.8. The molecule has 0 atom stereocenters. The summed E-state index contributed by atoms with van der Waals surface area (Å²) in [7, 11) is 1.66. The summed E-state index contributed by atoms with van der Waals surface area (Å²) in [5.41, 5.74) is 3.85. The van der Waals surface area contributed by atoms with Crippen LogP contribution < -0.4 is 0 Å². The van der Waals surface area contributed by atoms with Gasteiger partial charge in [-0.25, -0.2) is 14.3 Å². The summed E-state index contributed by atoms with van der Waals surface area (Å²) in [4.78, 5) is 29.5. The first-order valence-corrected chi connectivity index (χ1v) is 9.86. The molecule has 2 aromatic heterocycles. The van der Waals surface area contributed by atoms with Gasteiger partial charge in [0, 0.05) is 36.5 Å². The summed E-state index contributed by atoms with van der Waals surface area (Å²) in [6, 6.07) is 14.1. The number of benzene rings is 2. The zero-order chi connectivity index (χ0) is 22.8. The van der Waals surface area contributed by atoms with E-state index in [4.69, 9.17) is 0 Å². The molecule has 4 rings (SSSR count). The van der Waals surface area contributed by atoms with Crippen LogP contribution in [0.3, 0.4) is 0 Å². The Labute approximate surface area is 183 Å². The molecule has 10 heteroatoms. The molecule has 10 nitrogen and oxygen atoms in total. The second-order valence-corrected chi connectivity index (χ2v) is 7.36.